The van der Waals surface area contributed by atoms with E-state index >= 15 is 0 Å². The van der Waals surface area contributed by atoms with Gasteiger partial charge >= 0.3 is 0 Å². The number of nitrogens with two attached hydrogens (primary N) is 1. The van der Waals surface area contributed by atoms with Crippen molar-refractivity contribution in [3.8, 4) is 0 Å². The lowest BCUT2D eigenvalue weighted by molar-refractivity contribution is 0.573. The van der Waals surface area contributed by atoms with Gasteiger partial charge in [-0.25, -0.2) is 13.1 Å². The third-order valence-electron chi connectivity index (χ3n) is 1.79. The lowest BCUT2D eigenvalue weighted by Gasteiger charge is -2.07. The molecule has 0 saturated carbocycles. The fourth-order valence-corrected chi connectivity index (χ4v) is 5.13. The molecule has 0 fully saturated rings. The molecule has 4 nitrogen and oxygen atoms in total. The van der Waals surface area contributed by atoms with Gasteiger partial charge in [-0.1, -0.05) is 0 Å². The molecule has 1 rings (SSSR count). The Balaban J connectivity index is 2.75. The molecule has 3 N–H and O–H groups in total. The van der Waals surface area contributed by atoms with Crippen LogP contribution in [0.2, 0.25) is 0 Å². The van der Waals surface area contributed by atoms with Crippen molar-refractivity contribution in [3.63, 3.8) is 0 Å². The predicted molar refractivity (Wildman–Crippen MR) is 73.2 cm³/mol. The van der Waals surface area contributed by atoms with Crippen LogP contribution in [0.5, 0.6) is 0 Å². The quantitative estimate of drug-likeness (QED) is 0.808. The molecule has 0 aromatic carbocycles. The summed E-state index contributed by atoms with van der Waals surface area (Å²) >= 11 is 7.64. The van der Waals surface area contributed by atoms with Gasteiger partial charge in [0.25, 0.3) is 10.0 Å². The maximum Gasteiger partial charge on any atom is 0.251 e. The Kier molecular flexibility index (Phi) is 5.40. The van der Waals surface area contributed by atoms with Crippen molar-refractivity contribution in [2.45, 2.75) is 23.6 Å². The van der Waals surface area contributed by atoms with Gasteiger partial charge in [0, 0.05) is 22.4 Å². The summed E-state index contributed by atoms with van der Waals surface area (Å²) in [5.41, 5.74) is 5.55. The van der Waals surface area contributed by atoms with Crippen molar-refractivity contribution in [2.24, 2.45) is 5.73 Å². The van der Waals surface area contributed by atoms with Crippen LogP contribution < -0.4 is 10.5 Å². The fourth-order valence-electron chi connectivity index (χ4n) is 0.974. The normalized spacial score (nSPS) is 14.0. The monoisotopic (exact) mass is 390 g/mol. The third-order valence-corrected chi connectivity index (χ3v) is 7.60. The second-order valence-electron chi connectivity index (χ2n) is 3.35. The average Bonchev–Trinajstić information content (AvgIpc) is 2.47. The van der Waals surface area contributed by atoms with Crippen molar-refractivity contribution in [1.29, 1.82) is 0 Å². The first-order valence-corrected chi connectivity index (χ1v) is 8.47. The van der Waals surface area contributed by atoms with Gasteiger partial charge in [-0.2, -0.15) is 0 Å². The van der Waals surface area contributed by atoms with E-state index in [0.29, 0.717) is 17.4 Å². The van der Waals surface area contributed by atoms with Crippen molar-refractivity contribution in [3.05, 3.63) is 14.3 Å². The molecule has 0 amide bonds. The second-order valence-corrected chi connectivity index (χ2v) is 7.84. The van der Waals surface area contributed by atoms with Crippen LogP contribution in [0.15, 0.2) is 18.5 Å². The average molecular weight is 392 g/mol. The highest BCUT2D eigenvalue weighted by Crippen LogP contribution is 2.35. The van der Waals surface area contributed by atoms with Crippen molar-refractivity contribution in [1.82, 2.24) is 4.72 Å². The number of halogens is 2. The maximum atomic E-state index is 11.9. The van der Waals surface area contributed by atoms with E-state index in [1.54, 1.807) is 5.38 Å². The van der Waals surface area contributed by atoms with E-state index in [0.717, 1.165) is 4.47 Å². The number of sulfonamides is 1. The molecule has 0 aliphatic rings. The van der Waals surface area contributed by atoms with E-state index in [1.165, 1.54) is 11.3 Å². The van der Waals surface area contributed by atoms with Crippen LogP contribution >= 0.6 is 43.2 Å². The topological polar surface area (TPSA) is 72.2 Å². The highest BCUT2D eigenvalue weighted by Gasteiger charge is 2.21. The highest BCUT2D eigenvalue weighted by molar-refractivity contribution is 9.13. The van der Waals surface area contributed by atoms with Crippen LogP contribution in [-0.2, 0) is 10.0 Å². The van der Waals surface area contributed by atoms with E-state index in [2.05, 4.69) is 36.6 Å². The van der Waals surface area contributed by atoms with Gasteiger partial charge in [0.15, 0.2) is 0 Å². The highest BCUT2D eigenvalue weighted by atomic mass is 79.9. The summed E-state index contributed by atoms with van der Waals surface area (Å²) in [6.07, 6.45) is 0.614. The summed E-state index contributed by atoms with van der Waals surface area (Å²) in [6.45, 7) is 2.19. The summed E-state index contributed by atoms with van der Waals surface area (Å²) in [4.78, 5) is 0. The van der Waals surface area contributed by atoms with Crippen molar-refractivity contribution in [2.75, 3.05) is 6.54 Å². The third kappa shape index (κ3) is 3.78. The van der Waals surface area contributed by atoms with Crippen LogP contribution in [-0.4, -0.2) is 21.0 Å². The minimum Gasteiger partial charge on any atom is -0.328 e. The number of rotatable bonds is 5. The molecule has 1 aromatic heterocycles. The summed E-state index contributed by atoms with van der Waals surface area (Å²) in [5.74, 6) is 0. The Morgan fingerprint density at radius 2 is 2.19 bits per heavy atom. The molecule has 16 heavy (non-hydrogen) atoms. The fraction of sp³-hybridized carbons (Fsp3) is 0.500. The summed E-state index contributed by atoms with van der Waals surface area (Å²) in [6, 6.07) is -0.0128. The molecule has 92 valence electrons. The van der Waals surface area contributed by atoms with E-state index in [-0.39, 0.29) is 10.3 Å². The molecule has 1 aromatic rings. The van der Waals surface area contributed by atoms with E-state index in [1.807, 2.05) is 6.92 Å². The Labute approximate surface area is 116 Å². The molecule has 0 aliphatic carbocycles. The van der Waals surface area contributed by atoms with Gasteiger partial charge < -0.3 is 5.73 Å². The number of thiophene rings is 1. The molecule has 0 radical (unpaired) electrons. The Morgan fingerprint density at radius 1 is 1.56 bits per heavy atom. The Morgan fingerprint density at radius 3 is 2.62 bits per heavy atom. The van der Waals surface area contributed by atoms with Gasteiger partial charge in [0.05, 0.1) is 4.47 Å². The van der Waals surface area contributed by atoms with Crippen molar-refractivity contribution >= 4 is 53.2 Å². The largest absolute Gasteiger partial charge is 0.328 e. The molecule has 0 aliphatic heterocycles. The Hall–Kier alpha value is 0.530. The molecule has 0 saturated heterocycles. The lowest BCUT2D eigenvalue weighted by atomic mass is 10.3. The Bertz CT molecular complexity index is 457. The summed E-state index contributed by atoms with van der Waals surface area (Å²) in [5, 5.41) is 1.73. The summed E-state index contributed by atoms with van der Waals surface area (Å²) < 4.78 is 27.8. The van der Waals surface area contributed by atoms with Crippen LogP contribution in [0.1, 0.15) is 13.3 Å². The minimum atomic E-state index is -3.43. The molecule has 8 heteroatoms. The molecule has 1 unspecified atom stereocenters. The molecular weight excluding hydrogens is 380 g/mol. The molecular formula is C8H12Br2N2O2S2. The number of hydrogen-bond acceptors (Lipinski definition) is 4. The zero-order chi connectivity index (χ0) is 12.3. The smallest absolute Gasteiger partial charge is 0.251 e. The van der Waals surface area contributed by atoms with Gasteiger partial charge in [-0.3, -0.25) is 0 Å². The second kappa shape index (κ2) is 5.92. The van der Waals surface area contributed by atoms with Gasteiger partial charge in [0.2, 0.25) is 0 Å². The standard InChI is InChI=1S/C8H12Br2N2O2S2/c1-5(11)2-3-12-16(13,14)8-7(10)6(9)4-15-8/h4-5,12H,2-3,11H2,1H3. The SMILES string of the molecule is CC(N)CCNS(=O)(=O)c1scc(Br)c1Br. The number of nitrogens with one attached hydrogen (secondary N) is 1. The molecule has 0 bridgehead atoms. The van der Waals surface area contributed by atoms with Crippen molar-refractivity contribution < 1.29 is 8.42 Å². The minimum absolute atomic E-state index is 0.0128. The number of hydrogen-bond donors (Lipinski definition) is 2. The molecule has 1 atom stereocenters. The summed E-state index contributed by atoms with van der Waals surface area (Å²) in [7, 11) is -3.43. The van der Waals surface area contributed by atoms with E-state index in [9.17, 15) is 8.42 Å². The first-order valence-electron chi connectivity index (χ1n) is 4.52. The zero-order valence-electron chi connectivity index (χ0n) is 8.54. The van der Waals surface area contributed by atoms with Crippen LogP contribution in [0.25, 0.3) is 0 Å². The van der Waals surface area contributed by atoms with Crippen LogP contribution in [0, 0.1) is 0 Å². The van der Waals surface area contributed by atoms with E-state index < -0.39 is 10.0 Å². The van der Waals surface area contributed by atoms with Crippen LogP contribution in [0.4, 0.5) is 0 Å². The first-order chi connectivity index (χ1) is 7.34. The van der Waals surface area contributed by atoms with E-state index in [4.69, 9.17) is 5.73 Å². The first kappa shape index (κ1) is 14.6. The predicted octanol–water partition coefficient (Wildman–Crippen LogP) is 2.29. The lowest BCUT2D eigenvalue weighted by Crippen LogP contribution is -2.28. The van der Waals surface area contributed by atoms with Crippen LogP contribution in [0.3, 0.4) is 0 Å². The zero-order valence-corrected chi connectivity index (χ0v) is 13.3. The maximum absolute atomic E-state index is 11.9. The van der Waals surface area contributed by atoms with Gasteiger partial charge in [-0.05, 0) is 45.2 Å². The molecule has 0 spiro atoms. The van der Waals surface area contributed by atoms with Gasteiger partial charge in [-0.15, -0.1) is 11.3 Å². The molecule has 1 heterocycles. The van der Waals surface area contributed by atoms with Gasteiger partial charge in [0.1, 0.15) is 4.21 Å².